The van der Waals surface area contributed by atoms with Gasteiger partial charge in [-0.3, -0.25) is 14.6 Å². The average molecular weight is 591 g/mol. The second-order valence-corrected chi connectivity index (χ2v) is 11.5. The van der Waals surface area contributed by atoms with Gasteiger partial charge in [-0.15, -0.1) is 0 Å². The maximum Gasteiger partial charge on any atom is 0.407 e. The third kappa shape index (κ3) is 8.53. The molecule has 1 aromatic carbocycles. The van der Waals surface area contributed by atoms with Crippen molar-refractivity contribution in [3.05, 3.63) is 46.0 Å². The predicted molar refractivity (Wildman–Crippen MR) is 154 cm³/mol. The highest BCUT2D eigenvalue weighted by molar-refractivity contribution is 6.31. The number of Topliss-reactive ketones (excluding diaryl/α,β-unsaturated/α-hetero) is 1. The van der Waals surface area contributed by atoms with Gasteiger partial charge in [0.1, 0.15) is 17.5 Å². The van der Waals surface area contributed by atoms with Crippen LogP contribution in [0.2, 0.25) is 5.02 Å². The summed E-state index contributed by atoms with van der Waals surface area (Å²) in [4.78, 5) is 57.6. The normalized spacial score (nSPS) is 19.8. The number of amidine groups is 1. The molecule has 0 aromatic heterocycles. The Kier molecular flexibility index (Phi) is 10.9. The standard InChI is InChI=1S/C29H39ClN4O7/c1-17(35)24(27(37)40-6)33-26(36)23-20(14-18-10-7-8-12-21(18)30)25(32-22(23)16-39-5)34-13-9-11-19(15-34)31-28(38)41-29(2,3)4/h7-8,10,12,19,22,24H,9,11,13-16H2,1-6H3,(H,31,38)(H,33,36)/t19-,22?,24?/m1/s1. The zero-order chi connectivity index (χ0) is 30.3. The van der Waals surface area contributed by atoms with Crippen LogP contribution in [0, 0.1) is 0 Å². The van der Waals surface area contributed by atoms with Gasteiger partial charge in [0, 0.05) is 43.3 Å². The van der Waals surface area contributed by atoms with E-state index in [2.05, 4.69) is 10.6 Å². The molecule has 0 saturated carbocycles. The molecular weight excluding hydrogens is 552 g/mol. The van der Waals surface area contributed by atoms with Crippen molar-refractivity contribution >= 4 is 41.2 Å². The molecule has 2 unspecified atom stereocenters. The van der Waals surface area contributed by atoms with Gasteiger partial charge in [-0.1, -0.05) is 29.8 Å². The Hall–Kier alpha value is -3.44. The number of ether oxygens (including phenoxy) is 3. The van der Waals surface area contributed by atoms with E-state index in [1.807, 2.05) is 23.1 Å². The molecule has 224 valence electrons. The lowest BCUT2D eigenvalue weighted by Gasteiger charge is -2.35. The minimum Gasteiger partial charge on any atom is -0.467 e. The van der Waals surface area contributed by atoms with Crippen molar-refractivity contribution in [1.29, 1.82) is 0 Å². The zero-order valence-corrected chi connectivity index (χ0v) is 25.2. The molecule has 1 fully saturated rings. The van der Waals surface area contributed by atoms with E-state index in [0.29, 0.717) is 29.5 Å². The number of aliphatic imine (C=N–C) groups is 1. The number of halogens is 1. The molecule has 0 spiro atoms. The Labute approximate surface area is 245 Å². The number of carbonyl (C=O) groups is 4. The van der Waals surface area contributed by atoms with Crippen molar-refractivity contribution in [2.24, 2.45) is 4.99 Å². The Morgan fingerprint density at radius 3 is 2.49 bits per heavy atom. The molecule has 2 N–H and O–H groups in total. The molecule has 3 rings (SSSR count). The van der Waals surface area contributed by atoms with Gasteiger partial charge in [-0.25, -0.2) is 9.59 Å². The Bertz CT molecular complexity index is 1220. The fraction of sp³-hybridized carbons (Fsp3) is 0.552. The smallest absolute Gasteiger partial charge is 0.407 e. The molecule has 0 radical (unpaired) electrons. The molecule has 41 heavy (non-hydrogen) atoms. The number of hydrogen-bond acceptors (Lipinski definition) is 9. The van der Waals surface area contributed by atoms with E-state index in [-0.39, 0.29) is 24.6 Å². The van der Waals surface area contributed by atoms with E-state index in [1.165, 1.54) is 14.0 Å². The summed E-state index contributed by atoms with van der Waals surface area (Å²) in [5.74, 6) is -1.48. The SMILES string of the molecule is COCC1N=C(N2CCC[C@@H](NC(=O)OC(C)(C)C)C2)C(Cc2ccccc2Cl)=C1C(=O)NC(C(C)=O)C(=O)OC. The first kappa shape index (κ1) is 32.1. The highest BCUT2D eigenvalue weighted by Crippen LogP contribution is 2.31. The summed E-state index contributed by atoms with van der Waals surface area (Å²) in [6.45, 7) is 7.79. The van der Waals surface area contributed by atoms with E-state index >= 15 is 0 Å². The molecule has 2 heterocycles. The van der Waals surface area contributed by atoms with Gasteiger partial charge >= 0.3 is 12.1 Å². The quantitative estimate of drug-likeness (QED) is 0.331. The van der Waals surface area contributed by atoms with Crippen LogP contribution in [0.25, 0.3) is 0 Å². The van der Waals surface area contributed by atoms with Crippen LogP contribution in [-0.4, -0.2) is 92.1 Å². The van der Waals surface area contributed by atoms with Gasteiger partial charge in [-0.2, -0.15) is 0 Å². The third-order valence-corrected chi connectivity index (χ3v) is 7.03. The van der Waals surface area contributed by atoms with Gasteiger partial charge in [0.2, 0.25) is 0 Å². The highest BCUT2D eigenvalue weighted by atomic mass is 35.5. The summed E-state index contributed by atoms with van der Waals surface area (Å²) in [6, 6.07) is 4.93. The number of alkyl carbamates (subject to hydrolysis) is 1. The summed E-state index contributed by atoms with van der Waals surface area (Å²) < 4.78 is 15.6. The Morgan fingerprint density at radius 1 is 1.17 bits per heavy atom. The van der Waals surface area contributed by atoms with E-state index in [4.69, 9.17) is 30.8 Å². The van der Waals surface area contributed by atoms with Crippen molar-refractivity contribution in [2.75, 3.05) is 33.9 Å². The number of nitrogens with zero attached hydrogens (tertiary/aromatic N) is 2. The number of esters is 1. The van der Waals surface area contributed by atoms with Crippen LogP contribution in [0.5, 0.6) is 0 Å². The Morgan fingerprint density at radius 2 is 1.88 bits per heavy atom. The number of rotatable bonds is 9. The molecule has 3 atom stereocenters. The molecule has 1 aromatic rings. The first-order valence-electron chi connectivity index (χ1n) is 13.5. The van der Waals surface area contributed by atoms with E-state index in [1.54, 1.807) is 26.8 Å². The summed E-state index contributed by atoms with van der Waals surface area (Å²) in [5, 5.41) is 6.00. The first-order valence-corrected chi connectivity index (χ1v) is 13.9. The average Bonchev–Trinajstić information content (AvgIpc) is 3.24. The van der Waals surface area contributed by atoms with Crippen LogP contribution in [0.3, 0.4) is 0 Å². The van der Waals surface area contributed by atoms with Crippen LogP contribution in [0.4, 0.5) is 4.79 Å². The topological polar surface area (TPSA) is 136 Å². The van der Waals surface area contributed by atoms with Crippen LogP contribution in [0.1, 0.15) is 46.1 Å². The fourth-order valence-electron chi connectivity index (χ4n) is 4.87. The fourth-order valence-corrected chi connectivity index (χ4v) is 5.07. The van der Waals surface area contributed by atoms with E-state index in [9.17, 15) is 19.2 Å². The summed E-state index contributed by atoms with van der Waals surface area (Å²) in [6.07, 6.45) is 1.29. The van der Waals surface area contributed by atoms with Crippen LogP contribution < -0.4 is 10.6 Å². The second-order valence-electron chi connectivity index (χ2n) is 11.1. The largest absolute Gasteiger partial charge is 0.467 e. The van der Waals surface area contributed by atoms with Crippen LogP contribution in [-0.2, 0) is 35.0 Å². The summed E-state index contributed by atoms with van der Waals surface area (Å²) in [5.41, 5.74) is 1.02. The summed E-state index contributed by atoms with van der Waals surface area (Å²) in [7, 11) is 2.65. The van der Waals surface area contributed by atoms with Crippen LogP contribution in [0.15, 0.2) is 40.4 Å². The molecule has 2 aliphatic heterocycles. The van der Waals surface area contributed by atoms with Crippen molar-refractivity contribution < 1.29 is 33.4 Å². The molecule has 1 saturated heterocycles. The van der Waals surface area contributed by atoms with Crippen LogP contribution >= 0.6 is 11.6 Å². The molecule has 0 aliphatic carbocycles. The number of ketones is 1. The number of hydrogen-bond donors (Lipinski definition) is 2. The number of methoxy groups -OCH3 is 2. The maximum atomic E-state index is 13.7. The minimum absolute atomic E-state index is 0.0919. The van der Waals surface area contributed by atoms with Crippen molar-refractivity contribution in [3.63, 3.8) is 0 Å². The minimum atomic E-state index is -1.47. The number of benzene rings is 1. The van der Waals surface area contributed by atoms with Gasteiger partial charge in [0.05, 0.1) is 19.3 Å². The van der Waals surface area contributed by atoms with Gasteiger partial charge in [0.25, 0.3) is 5.91 Å². The van der Waals surface area contributed by atoms with Crippen molar-refractivity contribution in [2.45, 2.75) is 70.7 Å². The molecular formula is C29H39ClN4O7. The van der Waals surface area contributed by atoms with Gasteiger partial charge < -0.3 is 29.7 Å². The predicted octanol–water partition coefficient (Wildman–Crippen LogP) is 2.84. The Balaban J connectivity index is 2.00. The zero-order valence-electron chi connectivity index (χ0n) is 24.4. The lowest BCUT2D eigenvalue weighted by Crippen LogP contribution is -2.51. The van der Waals surface area contributed by atoms with Crippen molar-refractivity contribution in [3.8, 4) is 0 Å². The lowest BCUT2D eigenvalue weighted by molar-refractivity contribution is -0.147. The molecule has 11 nitrogen and oxygen atoms in total. The van der Waals surface area contributed by atoms with Gasteiger partial charge in [-0.05, 0) is 52.2 Å². The molecule has 2 amide bonds. The number of piperidine rings is 1. The highest BCUT2D eigenvalue weighted by Gasteiger charge is 2.39. The van der Waals surface area contributed by atoms with E-state index in [0.717, 1.165) is 25.5 Å². The first-order chi connectivity index (χ1) is 19.3. The monoisotopic (exact) mass is 590 g/mol. The second kappa shape index (κ2) is 14.0. The van der Waals surface area contributed by atoms with Gasteiger partial charge in [0.15, 0.2) is 11.8 Å². The lowest BCUT2D eigenvalue weighted by atomic mass is 9.95. The number of likely N-dealkylation sites (tertiary alicyclic amines) is 1. The summed E-state index contributed by atoms with van der Waals surface area (Å²) >= 11 is 6.51. The number of carbonyl (C=O) groups excluding carboxylic acids is 4. The van der Waals surface area contributed by atoms with E-state index < -0.39 is 41.4 Å². The number of nitrogens with one attached hydrogen (secondary N) is 2. The maximum absolute atomic E-state index is 13.7. The molecule has 12 heteroatoms. The third-order valence-electron chi connectivity index (χ3n) is 6.66. The van der Waals surface area contributed by atoms with Crippen molar-refractivity contribution in [1.82, 2.24) is 15.5 Å². The number of amides is 2. The molecule has 0 bridgehead atoms. The molecule has 2 aliphatic rings.